The van der Waals surface area contributed by atoms with Crippen LogP contribution in [0.5, 0.6) is 5.75 Å². The van der Waals surface area contributed by atoms with Gasteiger partial charge in [0.2, 0.25) is 0 Å². The van der Waals surface area contributed by atoms with E-state index in [1.54, 1.807) is 0 Å². The molecule has 1 aromatic carbocycles. The highest BCUT2D eigenvalue weighted by molar-refractivity contribution is 9.10. The molecule has 1 aromatic rings. The topological polar surface area (TPSA) is 35.2 Å². The van der Waals surface area contributed by atoms with Crippen molar-refractivity contribution in [1.29, 1.82) is 0 Å². The van der Waals surface area contributed by atoms with Crippen molar-refractivity contribution in [1.82, 2.24) is 0 Å². The lowest BCUT2D eigenvalue weighted by molar-refractivity contribution is 0.302. The number of unbranched alkanes of at least 4 members (excludes halogenated alkanes) is 5. The third kappa shape index (κ3) is 7.30. The zero-order chi connectivity index (χ0) is 14.8. The molecule has 0 amide bonds. The standard InChI is InChI=1S/C17H28BrNO/c1-3-4-5-6-7-8-11-20-17-10-9-15(12-14(2)19)13-16(17)18/h9-10,13-14H,3-8,11-12,19H2,1-2H3. The van der Waals surface area contributed by atoms with Crippen molar-refractivity contribution in [2.75, 3.05) is 6.61 Å². The summed E-state index contributed by atoms with van der Waals surface area (Å²) in [4.78, 5) is 0. The summed E-state index contributed by atoms with van der Waals surface area (Å²) in [7, 11) is 0. The molecule has 0 aliphatic heterocycles. The molecule has 0 heterocycles. The van der Waals surface area contributed by atoms with Crippen LogP contribution in [0.1, 0.15) is 57.9 Å². The fourth-order valence-electron chi connectivity index (χ4n) is 2.22. The molecule has 0 fully saturated rings. The van der Waals surface area contributed by atoms with Gasteiger partial charge in [-0.1, -0.05) is 45.1 Å². The molecule has 1 atom stereocenters. The molecule has 114 valence electrons. The van der Waals surface area contributed by atoms with Gasteiger partial charge < -0.3 is 10.5 Å². The lowest BCUT2D eigenvalue weighted by Gasteiger charge is -2.11. The average Bonchev–Trinajstić information content (AvgIpc) is 2.39. The second-order valence-corrected chi connectivity index (χ2v) is 6.42. The number of hydrogen-bond donors (Lipinski definition) is 1. The molecule has 1 rings (SSSR count). The van der Waals surface area contributed by atoms with Crippen molar-refractivity contribution in [3.8, 4) is 5.75 Å². The lowest BCUT2D eigenvalue weighted by Crippen LogP contribution is -2.17. The largest absolute Gasteiger partial charge is 0.492 e. The number of hydrogen-bond acceptors (Lipinski definition) is 2. The van der Waals surface area contributed by atoms with E-state index in [1.807, 2.05) is 13.0 Å². The molecule has 0 saturated heterocycles. The molecule has 3 heteroatoms. The smallest absolute Gasteiger partial charge is 0.133 e. The predicted molar refractivity (Wildman–Crippen MR) is 90.4 cm³/mol. The summed E-state index contributed by atoms with van der Waals surface area (Å²) in [5.74, 6) is 0.937. The Bertz CT molecular complexity index is 379. The maximum absolute atomic E-state index is 5.83. The molecule has 2 N–H and O–H groups in total. The quantitative estimate of drug-likeness (QED) is 0.602. The first kappa shape index (κ1) is 17.5. The molecule has 0 aliphatic carbocycles. The van der Waals surface area contributed by atoms with Gasteiger partial charge in [0.05, 0.1) is 11.1 Å². The van der Waals surface area contributed by atoms with Crippen molar-refractivity contribution in [3.63, 3.8) is 0 Å². The summed E-state index contributed by atoms with van der Waals surface area (Å²) in [6.45, 7) is 5.07. The summed E-state index contributed by atoms with van der Waals surface area (Å²) in [5, 5.41) is 0. The molecule has 0 aliphatic rings. The second kappa shape index (κ2) is 10.2. The zero-order valence-corrected chi connectivity index (χ0v) is 14.4. The Hall–Kier alpha value is -0.540. The predicted octanol–water partition coefficient (Wildman–Crippen LogP) is 5.08. The van der Waals surface area contributed by atoms with E-state index in [9.17, 15) is 0 Å². The Kier molecular flexibility index (Phi) is 8.95. The minimum absolute atomic E-state index is 0.191. The van der Waals surface area contributed by atoms with Gasteiger partial charge in [-0.2, -0.15) is 0 Å². The molecule has 2 nitrogen and oxygen atoms in total. The summed E-state index contributed by atoms with van der Waals surface area (Å²) in [6.07, 6.45) is 8.64. The highest BCUT2D eigenvalue weighted by Crippen LogP contribution is 2.26. The average molecular weight is 342 g/mol. The van der Waals surface area contributed by atoms with Crippen molar-refractivity contribution in [2.45, 2.75) is 64.8 Å². The van der Waals surface area contributed by atoms with E-state index < -0.39 is 0 Å². The molecule has 20 heavy (non-hydrogen) atoms. The van der Waals surface area contributed by atoms with Gasteiger partial charge in [-0.15, -0.1) is 0 Å². The maximum Gasteiger partial charge on any atom is 0.133 e. The highest BCUT2D eigenvalue weighted by Gasteiger charge is 2.04. The highest BCUT2D eigenvalue weighted by atomic mass is 79.9. The van der Waals surface area contributed by atoms with Crippen molar-refractivity contribution in [2.24, 2.45) is 5.73 Å². The van der Waals surface area contributed by atoms with Crippen LogP contribution in [-0.4, -0.2) is 12.6 Å². The summed E-state index contributed by atoms with van der Waals surface area (Å²) >= 11 is 3.57. The van der Waals surface area contributed by atoms with Crippen LogP contribution in [-0.2, 0) is 6.42 Å². The van der Waals surface area contributed by atoms with E-state index in [4.69, 9.17) is 10.5 Å². The van der Waals surface area contributed by atoms with Crippen LogP contribution in [0.2, 0.25) is 0 Å². The Morgan fingerprint density at radius 1 is 1.15 bits per heavy atom. The van der Waals surface area contributed by atoms with E-state index in [2.05, 4.69) is 35.0 Å². The van der Waals surface area contributed by atoms with Crippen LogP contribution >= 0.6 is 15.9 Å². The Morgan fingerprint density at radius 3 is 2.50 bits per heavy atom. The first-order valence-corrected chi connectivity index (χ1v) is 8.59. The van der Waals surface area contributed by atoms with Crippen LogP contribution in [0.3, 0.4) is 0 Å². The van der Waals surface area contributed by atoms with Gasteiger partial charge in [-0.05, 0) is 53.4 Å². The SMILES string of the molecule is CCCCCCCCOc1ccc(CC(C)N)cc1Br. The van der Waals surface area contributed by atoms with E-state index in [0.29, 0.717) is 0 Å². The van der Waals surface area contributed by atoms with E-state index in [-0.39, 0.29) is 6.04 Å². The van der Waals surface area contributed by atoms with Crippen LogP contribution in [0, 0.1) is 0 Å². The molecular formula is C17H28BrNO. The zero-order valence-electron chi connectivity index (χ0n) is 12.8. The number of nitrogens with two attached hydrogens (primary N) is 1. The second-order valence-electron chi connectivity index (χ2n) is 5.56. The molecular weight excluding hydrogens is 314 g/mol. The van der Waals surface area contributed by atoms with E-state index >= 15 is 0 Å². The normalized spacial score (nSPS) is 12.4. The minimum atomic E-state index is 0.191. The van der Waals surface area contributed by atoms with Crippen molar-refractivity contribution >= 4 is 15.9 Å². The summed E-state index contributed by atoms with van der Waals surface area (Å²) < 4.78 is 6.85. The third-order valence-electron chi connectivity index (χ3n) is 3.31. The van der Waals surface area contributed by atoms with Crippen LogP contribution < -0.4 is 10.5 Å². The summed E-state index contributed by atoms with van der Waals surface area (Å²) in [5.41, 5.74) is 7.06. The first-order chi connectivity index (χ1) is 9.63. The van der Waals surface area contributed by atoms with Gasteiger partial charge in [-0.25, -0.2) is 0 Å². The fraction of sp³-hybridized carbons (Fsp3) is 0.647. The minimum Gasteiger partial charge on any atom is -0.492 e. The number of benzene rings is 1. The number of halogens is 1. The summed E-state index contributed by atoms with van der Waals surface area (Å²) in [6, 6.07) is 6.44. The third-order valence-corrected chi connectivity index (χ3v) is 3.93. The van der Waals surface area contributed by atoms with Gasteiger partial charge in [0.1, 0.15) is 5.75 Å². The number of ether oxygens (including phenoxy) is 1. The van der Waals surface area contributed by atoms with Crippen molar-refractivity contribution < 1.29 is 4.74 Å². The Labute approximate surface area is 132 Å². The Balaban J connectivity index is 2.26. The number of rotatable bonds is 10. The van der Waals surface area contributed by atoms with E-state index in [0.717, 1.165) is 29.7 Å². The molecule has 1 unspecified atom stereocenters. The molecule has 0 spiro atoms. The van der Waals surface area contributed by atoms with Gasteiger partial charge >= 0.3 is 0 Å². The Morgan fingerprint density at radius 2 is 1.85 bits per heavy atom. The molecule has 0 saturated carbocycles. The van der Waals surface area contributed by atoms with Crippen LogP contribution in [0.4, 0.5) is 0 Å². The fourth-order valence-corrected chi connectivity index (χ4v) is 2.77. The van der Waals surface area contributed by atoms with Crippen LogP contribution in [0.25, 0.3) is 0 Å². The lowest BCUT2D eigenvalue weighted by atomic mass is 10.1. The monoisotopic (exact) mass is 341 g/mol. The maximum atomic E-state index is 5.83. The van der Waals surface area contributed by atoms with Gasteiger partial charge in [-0.3, -0.25) is 0 Å². The van der Waals surface area contributed by atoms with E-state index in [1.165, 1.54) is 37.7 Å². The van der Waals surface area contributed by atoms with Crippen molar-refractivity contribution in [3.05, 3.63) is 28.2 Å². The molecule has 0 aromatic heterocycles. The molecule has 0 radical (unpaired) electrons. The van der Waals surface area contributed by atoms with Gasteiger partial charge in [0, 0.05) is 6.04 Å². The van der Waals surface area contributed by atoms with Gasteiger partial charge in [0.25, 0.3) is 0 Å². The molecule has 0 bridgehead atoms. The van der Waals surface area contributed by atoms with Crippen LogP contribution in [0.15, 0.2) is 22.7 Å². The van der Waals surface area contributed by atoms with Gasteiger partial charge in [0.15, 0.2) is 0 Å². The first-order valence-electron chi connectivity index (χ1n) is 7.80.